The normalized spacial score (nSPS) is 26.5. The number of hydrogen-bond donors (Lipinski definition) is 3. The van der Waals surface area contributed by atoms with E-state index in [1.165, 1.54) is 10.9 Å². The van der Waals surface area contributed by atoms with Crippen molar-refractivity contribution in [3.05, 3.63) is 16.7 Å². The van der Waals surface area contributed by atoms with Gasteiger partial charge < -0.3 is 19.9 Å². The Balaban J connectivity index is 1.86. The van der Waals surface area contributed by atoms with Crippen molar-refractivity contribution in [2.75, 3.05) is 12.3 Å². The molecule has 2 unspecified atom stereocenters. The molecule has 4 atom stereocenters. The SMILES string of the molecule is Nc1nc2c(ncn2[C@H]2C[C@@H](F)C(CO[PH](=O)O)O2)c(=O)[nH]1. The van der Waals surface area contributed by atoms with E-state index in [2.05, 4.69) is 19.5 Å². The minimum Gasteiger partial charge on any atom is -0.369 e. The number of fused-ring (bicyclic) bond motifs is 1. The zero-order valence-corrected chi connectivity index (χ0v) is 12.1. The molecule has 2 aromatic heterocycles. The molecular formula is C10H13FN5O5P. The molecule has 3 heterocycles. The number of halogens is 1. The van der Waals surface area contributed by atoms with Crippen LogP contribution in [-0.4, -0.2) is 43.3 Å². The molecule has 12 heteroatoms. The highest BCUT2D eigenvalue weighted by Crippen LogP contribution is 2.33. The fourth-order valence-corrected chi connectivity index (χ4v) is 2.62. The van der Waals surface area contributed by atoms with Crippen LogP contribution in [0.25, 0.3) is 11.2 Å². The third-order valence-electron chi connectivity index (χ3n) is 3.29. The fourth-order valence-electron chi connectivity index (χ4n) is 2.32. The van der Waals surface area contributed by atoms with Crippen molar-refractivity contribution in [1.29, 1.82) is 0 Å². The van der Waals surface area contributed by atoms with Crippen LogP contribution in [0.5, 0.6) is 0 Å². The molecule has 1 fully saturated rings. The second kappa shape index (κ2) is 5.76. The van der Waals surface area contributed by atoms with Gasteiger partial charge >= 0.3 is 8.25 Å². The number of aromatic amines is 1. The van der Waals surface area contributed by atoms with Crippen LogP contribution in [0.3, 0.4) is 0 Å². The maximum atomic E-state index is 13.9. The first-order chi connectivity index (χ1) is 10.5. The quantitative estimate of drug-likeness (QED) is 0.648. The number of H-pyrrole nitrogens is 1. The Morgan fingerprint density at radius 1 is 1.68 bits per heavy atom. The molecule has 1 saturated heterocycles. The number of ether oxygens (including phenoxy) is 1. The molecule has 4 N–H and O–H groups in total. The number of nitrogen functional groups attached to an aromatic ring is 1. The molecule has 0 radical (unpaired) electrons. The maximum Gasteiger partial charge on any atom is 0.316 e. The third-order valence-corrected chi connectivity index (χ3v) is 3.71. The Labute approximate surface area is 123 Å². The zero-order chi connectivity index (χ0) is 15.9. The van der Waals surface area contributed by atoms with E-state index in [0.29, 0.717) is 0 Å². The van der Waals surface area contributed by atoms with Crippen LogP contribution in [0.1, 0.15) is 12.6 Å². The van der Waals surface area contributed by atoms with E-state index in [1.54, 1.807) is 0 Å². The molecule has 22 heavy (non-hydrogen) atoms. The molecule has 0 aliphatic carbocycles. The van der Waals surface area contributed by atoms with Crippen LogP contribution < -0.4 is 11.3 Å². The molecule has 0 saturated carbocycles. The summed E-state index contributed by atoms with van der Waals surface area (Å²) in [6, 6.07) is 0. The van der Waals surface area contributed by atoms with Gasteiger partial charge in [0, 0.05) is 6.42 Å². The van der Waals surface area contributed by atoms with Gasteiger partial charge in [-0.3, -0.25) is 18.9 Å². The van der Waals surface area contributed by atoms with Gasteiger partial charge in [0.2, 0.25) is 5.95 Å². The summed E-state index contributed by atoms with van der Waals surface area (Å²) in [4.78, 5) is 30.5. The molecule has 10 nitrogen and oxygen atoms in total. The first kappa shape index (κ1) is 15.1. The van der Waals surface area contributed by atoms with Crippen molar-refractivity contribution in [2.45, 2.75) is 24.9 Å². The first-order valence-electron chi connectivity index (χ1n) is 6.33. The van der Waals surface area contributed by atoms with E-state index < -0.39 is 32.3 Å². The number of aromatic nitrogens is 4. The summed E-state index contributed by atoms with van der Waals surface area (Å²) in [6.07, 6.45) is -1.85. The van der Waals surface area contributed by atoms with Crippen molar-refractivity contribution in [2.24, 2.45) is 0 Å². The van der Waals surface area contributed by atoms with Gasteiger partial charge in [0.05, 0.1) is 12.9 Å². The average Bonchev–Trinajstić information content (AvgIpc) is 3.00. The van der Waals surface area contributed by atoms with Gasteiger partial charge in [0.15, 0.2) is 11.2 Å². The molecule has 3 rings (SSSR count). The molecule has 0 amide bonds. The Kier molecular flexibility index (Phi) is 3.96. The summed E-state index contributed by atoms with van der Waals surface area (Å²) in [6.45, 7) is -0.339. The molecule has 1 aliphatic rings. The maximum absolute atomic E-state index is 13.9. The predicted octanol–water partition coefficient (Wildman–Crippen LogP) is -0.274. The summed E-state index contributed by atoms with van der Waals surface area (Å²) in [5.74, 6) is -0.0900. The van der Waals surface area contributed by atoms with Crippen molar-refractivity contribution < 1.29 is 23.1 Å². The van der Waals surface area contributed by atoms with Gasteiger partial charge in [0.1, 0.15) is 18.5 Å². The lowest BCUT2D eigenvalue weighted by Gasteiger charge is -2.14. The van der Waals surface area contributed by atoms with Crippen LogP contribution in [0.15, 0.2) is 11.1 Å². The lowest BCUT2D eigenvalue weighted by molar-refractivity contribution is -0.0275. The van der Waals surface area contributed by atoms with Gasteiger partial charge in [-0.1, -0.05) is 0 Å². The molecule has 0 aromatic carbocycles. The highest BCUT2D eigenvalue weighted by molar-refractivity contribution is 7.32. The van der Waals surface area contributed by atoms with Crippen molar-refractivity contribution in [3.8, 4) is 0 Å². The van der Waals surface area contributed by atoms with Crippen molar-refractivity contribution >= 4 is 25.4 Å². The van der Waals surface area contributed by atoms with Crippen molar-refractivity contribution in [3.63, 3.8) is 0 Å². The molecule has 2 aromatic rings. The predicted molar refractivity (Wildman–Crippen MR) is 73.2 cm³/mol. The van der Waals surface area contributed by atoms with E-state index in [0.717, 1.165) is 0 Å². The van der Waals surface area contributed by atoms with Crippen LogP contribution >= 0.6 is 8.25 Å². The number of rotatable bonds is 4. The molecule has 0 spiro atoms. The van der Waals surface area contributed by atoms with E-state index in [1.807, 2.05) is 0 Å². The van der Waals surface area contributed by atoms with E-state index in [-0.39, 0.29) is 30.1 Å². The van der Waals surface area contributed by atoms with E-state index >= 15 is 0 Å². The summed E-state index contributed by atoms with van der Waals surface area (Å²) < 4.78 is 35.8. The zero-order valence-electron chi connectivity index (χ0n) is 11.1. The number of nitrogens with zero attached hydrogens (tertiary/aromatic N) is 3. The highest BCUT2D eigenvalue weighted by atomic mass is 31.1. The second-order valence-electron chi connectivity index (χ2n) is 4.73. The fraction of sp³-hybridized carbons (Fsp3) is 0.500. The number of anilines is 1. The molecule has 120 valence electrons. The third kappa shape index (κ3) is 2.75. The molecule has 0 bridgehead atoms. The minimum atomic E-state index is -3.15. The number of hydrogen-bond acceptors (Lipinski definition) is 7. The standard InChI is InChI=1S/C10H13FN5O5P/c11-4-1-6(21-5(4)2-20-22(18)19)16-3-13-7-8(16)14-10(12)15-9(7)17/h3-6,22H,1-2H2,(H,18,19)(H3,12,14,15,17)/t4-,5?,6-/m1/s1. The van der Waals surface area contributed by atoms with Crippen LogP contribution in [0.2, 0.25) is 0 Å². The van der Waals surface area contributed by atoms with Gasteiger partial charge in [-0.05, 0) is 0 Å². The molecule has 1 aliphatic heterocycles. The van der Waals surface area contributed by atoms with Crippen LogP contribution in [0, 0.1) is 0 Å². The number of alkyl halides is 1. The van der Waals surface area contributed by atoms with Crippen LogP contribution in [-0.2, 0) is 13.8 Å². The summed E-state index contributed by atoms with van der Waals surface area (Å²) in [5, 5.41) is 0. The highest BCUT2D eigenvalue weighted by Gasteiger charge is 2.37. The largest absolute Gasteiger partial charge is 0.369 e. The van der Waals surface area contributed by atoms with Crippen LogP contribution in [0.4, 0.5) is 10.3 Å². The summed E-state index contributed by atoms with van der Waals surface area (Å²) in [5.41, 5.74) is 5.22. The first-order valence-corrected chi connectivity index (χ1v) is 7.59. The minimum absolute atomic E-state index is 0.0275. The van der Waals surface area contributed by atoms with E-state index in [4.69, 9.17) is 15.4 Å². The summed E-state index contributed by atoms with van der Waals surface area (Å²) in [7, 11) is -3.15. The molecular weight excluding hydrogens is 320 g/mol. The van der Waals surface area contributed by atoms with Gasteiger partial charge in [-0.2, -0.15) is 4.98 Å². The topological polar surface area (TPSA) is 145 Å². The lowest BCUT2D eigenvalue weighted by atomic mass is 10.2. The van der Waals surface area contributed by atoms with Gasteiger partial charge in [0.25, 0.3) is 5.56 Å². The average molecular weight is 333 g/mol. The van der Waals surface area contributed by atoms with Gasteiger partial charge in [-0.15, -0.1) is 0 Å². The Bertz CT molecular complexity index is 779. The smallest absolute Gasteiger partial charge is 0.316 e. The summed E-state index contributed by atoms with van der Waals surface area (Å²) >= 11 is 0. The van der Waals surface area contributed by atoms with Crippen molar-refractivity contribution in [1.82, 2.24) is 19.5 Å². The second-order valence-corrected chi connectivity index (χ2v) is 5.55. The Morgan fingerprint density at radius 3 is 3.18 bits per heavy atom. The Hall–Kier alpha value is -1.81. The lowest BCUT2D eigenvalue weighted by Crippen LogP contribution is -2.22. The number of imidazole rings is 1. The van der Waals surface area contributed by atoms with Gasteiger partial charge in [-0.25, -0.2) is 9.37 Å². The monoisotopic (exact) mass is 333 g/mol. The van der Waals surface area contributed by atoms with E-state index in [9.17, 15) is 13.8 Å². The number of nitrogens with one attached hydrogen (secondary N) is 1. The number of nitrogens with two attached hydrogens (primary N) is 1. The Morgan fingerprint density at radius 2 is 2.45 bits per heavy atom.